The fourth-order valence-electron chi connectivity index (χ4n) is 8.37. The van der Waals surface area contributed by atoms with Crippen molar-refractivity contribution in [3.05, 3.63) is 214 Å². The van der Waals surface area contributed by atoms with E-state index >= 15 is 4.79 Å². The summed E-state index contributed by atoms with van der Waals surface area (Å²) in [5.74, 6) is -0.329. The highest BCUT2D eigenvalue weighted by atomic mass is 16.5. The SMILES string of the molecule is O=C(C(Cc1ccc(C2CN(Cc3ccccc3)CCO2)cc1)c1ccccc1)C(Cc1ccc(C2CN(Cc3ccccc3)CCO2)cc1)c1ccccc1. The molecule has 8 rings (SSSR count). The van der Waals surface area contributed by atoms with Crippen molar-refractivity contribution < 1.29 is 14.3 Å². The van der Waals surface area contributed by atoms with E-state index in [-0.39, 0.29) is 29.8 Å². The molecule has 284 valence electrons. The number of rotatable bonds is 14. The van der Waals surface area contributed by atoms with Crippen molar-refractivity contribution in [2.45, 2.75) is 50.0 Å². The lowest BCUT2D eigenvalue weighted by Gasteiger charge is -2.33. The van der Waals surface area contributed by atoms with Gasteiger partial charge >= 0.3 is 0 Å². The molecule has 2 fully saturated rings. The predicted molar refractivity (Wildman–Crippen MR) is 224 cm³/mol. The second-order valence-corrected chi connectivity index (χ2v) is 15.4. The second-order valence-electron chi connectivity index (χ2n) is 15.4. The van der Waals surface area contributed by atoms with E-state index in [2.05, 4.69) is 143 Å². The van der Waals surface area contributed by atoms with Crippen LogP contribution in [0.5, 0.6) is 0 Å². The first-order valence-electron chi connectivity index (χ1n) is 20.2. The molecule has 0 aliphatic carbocycles. The number of hydrogen-bond donors (Lipinski definition) is 0. The van der Waals surface area contributed by atoms with Gasteiger partial charge in [0.2, 0.25) is 0 Å². The molecule has 2 aliphatic heterocycles. The first kappa shape index (κ1) is 37.7. The van der Waals surface area contributed by atoms with Crippen molar-refractivity contribution in [2.75, 3.05) is 39.4 Å². The van der Waals surface area contributed by atoms with Crippen molar-refractivity contribution in [2.24, 2.45) is 0 Å². The van der Waals surface area contributed by atoms with Gasteiger partial charge in [-0.05, 0) is 57.3 Å². The fraction of sp³-hybridized carbons (Fsp3) is 0.275. The average Bonchev–Trinajstić information content (AvgIpc) is 3.26. The molecule has 6 aromatic rings. The first-order chi connectivity index (χ1) is 27.6. The summed E-state index contributed by atoms with van der Waals surface area (Å²) in [5, 5.41) is 0. The van der Waals surface area contributed by atoms with Gasteiger partial charge in [-0.1, -0.05) is 170 Å². The standard InChI is InChI=1S/C51H52N2O3/c54-51(47(43-17-9-3-10-18-43)33-39-21-25-45(26-22-39)49-37-52(29-31-55-49)35-41-13-5-1-6-14-41)48(44-19-11-4-12-20-44)34-40-23-27-46(28-24-40)50-38-53(30-32-56-50)36-42-15-7-2-8-16-42/h1-28,47-50H,29-38H2. The fourth-order valence-corrected chi connectivity index (χ4v) is 8.37. The van der Waals surface area contributed by atoms with Crippen LogP contribution in [-0.4, -0.2) is 55.0 Å². The van der Waals surface area contributed by atoms with Gasteiger partial charge in [0.25, 0.3) is 0 Å². The topological polar surface area (TPSA) is 42.0 Å². The maximum Gasteiger partial charge on any atom is 0.148 e. The van der Waals surface area contributed by atoms with Crippen molar-refractivity contribution >= 4 is 5.78 Å². The minimum atomic E-state index is -0.287. The minimum Gasteiger partial charge on any atom is -0.371 e. The Morgan fingerprint density at radius 3 is 1.20 bits per heavy atom. The zero-order chi connectivity index (χ0) is 37.9. The Hall–Kier alpha value is -5.17. The normalized spacial score (nSPS) is 18.9. The summed E-state index contributed by atoms with van der Waals surface area (Å²) in [5.41, 5.74) is 9.43. The van der Waals surface area contributed by atoms with E-state index in [1.54, 1.807) is 0 Å². The third-order valence-electron chi connectivity index (χ3n) is 11.5. The van der Waals surface area contributed by atoms with Gasteiger partial charge in [-0.2, -0.15) is 0 Å². The summed E-state index contributed by atoms with van der Waals surface area (Å²) in [4.78, 5) is 20.0. The molecule has 2 aliphatic rings. The van der Waals surface area contributed by atoms with Crippen LogP contribution in [0.25, 0.3) is 0 Å². The largest absolute Gasteiger partial charge is 0.371 e. The Kier molecular flexibility index (Phi) is 12.6. The highest BCUT2D eigenvalue weighted by Gasteiger charge is 2.31. The van der Waals surface area contributed by atoms with Crippen LogP contribution in [0.1, 0.15) is 68.6 Å². The van der Waals surface area contributed by atoms with Crippen LogP contribution in [0.4, 0.5) is 0 Å². The van der Waals surface area contributed by atoms with Gasteiger partial charge in [-0.25, -0.2) is 0 Å². The molecule has 0 bridgehead atoms. The third kappa shape index (κ3) is 9.79. The summed E-state index contributed by atoms with van der Waals surface area (Å²) >= 11 is 0. The Morgan fingerprint density at radius 1 is 0.464 bits per heavy atom. The van der Waals surface area contributed by atoms with Crippen LogP contribution in [0.15, 0.2) is 170 Å². The van der Waals surface area contributed by atoms with Crippen molar-refractivity contribution in [1.82, 2.24) is 9.80 Å². The smallest absolute Gasteiger partial charge is 0.148 e. The van der Waals surface area contributed by atoms with Crippen LogP contribution in [0.2, 0.25) is 0 Å². The molecule has 6 aromatic carbocycles. The molecular formula is C51H52N2O3. The Morgan fingerprint density at radius 2 is 0.821 bits per heavy atom. The van der Waals surface area contributed by atoms with Gasteiger partial charge in [0, 0.05) is 51.1 Å². The van der Waals surface area contributed by atoms with Crippen LogP contribution < -0.4 is 0 Å². The number of carbonyl (C=O) groups excluding carboxylic acids is 1. The molecule has 56 heavy (non-hydrogen) atoms. The lowest BCUT2D eigenvalue weighted by atomic mass is 9.78. The summed E-state index contributed by atoms with van der Waals surface area (Å²) in [7, 11) is 0. The van der Waals surface area contributed by atoms with E-state index in [1.807, 2.05) is 36.4 Å². The van der Waals surface area contributed by atoms with E-state index < -0.39 is 0 Å². The molecule has 5 nitrogen and oxygen atoms in total. The number of ketones is 1. The zero-order valence-corrected chi connectivity index (χ0v) is 32.2. The number of benzene rings is 6. The van der Waals surface area contributed by atoms with Gasteiger partial charge < -0.3 is 9.47 Å². The Bertz CT molecular complexity index is 1940. The zero-order valence-electron chi connectivity index (χ0n) is 32.2. The lowest BCUT2D eigenvalue weighted by Crippen LogP contribution is -2.37. The quantitative estimate of drug-likeness (QED) is 0.111. The number of Topliss-reactive ketones (excluding diaryl/α,β-unsaturated/α-hetero) is 1. The van der Waals surface area contributed by atoms with Crippen LogP contribution in [0.3, 0.4) is 0 Å². The molecule has 0 saturated carbocycles. The van der Waals surface area contributed by atoms with E-state index in [4.69, 9.17) is 9.47 Å². The van der Waals surface area contributed by atoms with Crippen LogP contribution in [0, 0.1) is 0 Å². The molecule has 5 heteroatoms. The van der Waals surface area contributed by atoms with Gasteiger partial charge in [-0.3, -0.25) is 14.6 Å². The van der Waals surface area contributed by atoms with Gasteiger partial charge in [0.1, 0.15) is 5.78 Å². The van der Waals surface area contributed by atoms with Gasteiger partial charge in [0.15, 0.2) is 0 Å². The third-order valence-corrected chi connectivity index (χ3v) is 11.5. The van der Waals surface area contributed by atoms with E-state index in [9.17, 15) is 0 Å². The Labute approximate surface area is 332 Å². The van der Waals surface area contributed by atoms with E-state index in [0.29, 0.717) is 12.8 Å². The second kappa shape index (κ2) is 18.6. The first-order valence-corrected chi connectivity index (χ1v) is 20.2. The molecule has 2 heterocycles. The van der Waals surface area contributed by atoms with Crippen LogP contribution >= 0.6 is 0 Å². The molecule has 0 aromatic heterocycles. The minimum absolute atomic E-state index is 0.0276. The average molecular weight is 741 g/mol. The summed E-state index contributed by atoms with van der Waals surface area (Å²) in [6.45, 7) is 6.87. The molecule has 4 unspecified atom stereocenters. The van der Waals surface area contributed by atoms with E-state index in [1.165, 1.54) is 22.3 Å². The summed E-state index contributed by atoms with van der Waals surface area (Å²) in [6.07, 6.45) is 1.32. The number of morpholine rings is 2. The molecule has 4 atom stereocenters. The molecule has 0 N–H and O–H groups in total. The van der Waals surface area contributed by atoms with Crippen molar-refractivity contribution in [3.63, 3.8) is 0 Å². The van der Waals surface area contributed by atoms with Crippen LogP contribution in [-0.2, 0) is 40.2 Å². The predicted octanol–water partition coefficient (Wildman–Crippen LogP) is 9.76. The highest BCUT2D eigenvalue weighted by molar-refractivity contribution is 5.92. The molecule has 0 radical (unpaired) electrons. The lowest BCUT2D eigenvalue weighted by molar-refractivity contribution is -0.122. The van der Waals surface area contributed by atoms with E-state index in [0.717, 1.165) is 74.7 Å². The number of carbonyl (C=O) groups is 1. The number of ether oxygens (including phenoxy) is 2. The van der Waals surface area contributed by atoms with Gasteiger partial charge in [-0.15, -0.1) is 0 Å². The van der Waals surface area contributed by atoms with Crippen molar-refractivity contribution in [3.8, 4) is 0 Å². The maximum absolute atomic E-state index is 15.0. The highest BCUT2D eigenvalue weighted by Crippen LogP contribution is 2.34. The monoisotopic (exact) mass is 740 g/mol. The maximum atomic E-state index is 15.0. The Balaban J connectivity index is 0.975. The number of nitrogens with zero attached hydrogens (tertiary/aromatic N) is 2. The molecule has 0 amide bonds. The number of hydrogen-bond acceptors (Lipinski definition) is 5. The van der Waals surface area contributed by atoms with Gasteiger partial charge in [0.05, 0.1) is 25.4 Å². The molecule has 2 saturated heterocycles. The molecular weight excluding hydrogens is 689 g/mol. The molecule has 0 spiro atoms. The van der Waals surface area contributed by atoms with Crippen molar-refractivity contribution in [1.29, 1.82) is 0 Å². The summed E-state index contributed by atoms with van der Waals surface area (Å²) in [6, 6.07) is 59.6. The summed E-state index contributed by atoms with van der Waals surface area (Å²) < 4.78 is 12.5.